The fourth-order valence-corrected chi connectivity index (χ4v) is 3.24. The molecule has 0 aliphatic carbocycles. The van der Waals surface area contributed by atoms with E-state index in [-0.39, 0.29) is 22.4 Å². The van der Waals surface area contributed by atoms with Crippen LogP contribution in [0.4, 0.5) is 5.69 Å². The molecular weight excluding hydrogens is 314 g/mol. The van der Waals surface area contributed by atoms with E-state index in [9.17, 15) is 13.2 Å². The summed E-state index contributed by atoms with van der Waals surface area (Å²) in [5.41, 5.74) is 1.95. The number of benzene rings is 1. The van der Waals surface area contributed by atoms with E-state index >= 15 is 0 Å². The van der Waals surface area contributed by atoms with Crippen LogP contribution in [0.15, 0.2) is 47.9 Å². The lowest BCUT2D eigenvalue weighted by Crippen LogP contribution is -2.10. The third-order valence-corrected chi connectivity index (χ3v) is 4.64. The average molecular weight is 331 g/mol. The van der Waals surface area contributed by atoms with E-state index in [1.165, 1.54) is 24.3 Å². The maximum Gasteiger partial charge on any atom is 0.247 e. The zero-order valence-corrected chi connectivity index (χ0v) is 13.7. The maximum atomic E-state index is 12.4. The normalized spacial score (nSPS) is 11.0. The summed E-state index contributed by atoms with van der Waals surface area (Å²) < 4.78 is 24.9. The number of sulfone groups is 1. The van der Waals surface area contributed by atoms with Gasteiger partial charge >= 0.3 is 0 Å². The van der Waals surface area contributed by atoms with Gasteiger partial charge in [0.2, 0.25) is 5.91 Å². The average Bonchev–Trinajstić information content (AvgIpc) is 2.46. The number of anilines is 1. The van der Waals surface area contributed by atoms with Gasteiger partial charge in [0.05, 0.1) is 4.90 Å². The van der Waals surface area contributed by atoms with Crippen LogP contribution in [0.25, 0.3) is 0 Å². The van der Waals surface area contributed by atoms with Gasteiger partial charge in [-0.15, -0.1) is 0 Å². The van der Waals surface area contributed by atoms with Crippen molar-refractivity contribution < 1.29 is 13.2 Å². The molecular formula is C16H17N3O3S. The minimum Gasteiger partial charge on any atom is -0.323 e. The third kappa shape index (κ3) is 4.46. The van der Waals surface area contributed by atoms with Gasteiger partial charge in [0.15, 0.2) is 9.84 Å². The summed E-state index contributed by atoms with van der Waals surface area (Å²) in [6.45, 7) is 6.94. The Morgan fingerprint density at radius 2 is 1.74 bits per heavy atom. The van der Waals surface area contributed by atoms with E-state index in [4.69, 9.17) is 0 Å². The molecule has 0 bridgehead atoms. The molecule has 1 aromatic carbocycles. The van der Waals surface area contributed by atoms with Crippen LogP contribution in [0.2, 0.25) is 0 Å². The largest absolute Gasteiger partial charge is 0.323 e. The fourth-order valence-electron chi connectivity index (χ4n) is 2.06. The lowest BCUT2D eigenvalue weighted by molar-refractivity contribution is -0.111. The third-order valence-electron chi connectivity index (χ3n) is 3.01. The van der Waals surface area contributed by atoms with Crippen LogP contribution < -0.4 is 5.32 Å². The van der Waals surface area contributed by atoms with Crippen LogP contribution in [-0.4, -0.2) is 24.3 Å². The molecule has 1 heterocycles. The number of aryl methyl sites for hydroxylation is 2. The zero-order valence-electron chi connectivity index (χ0n) is 12.9. The number of nitrogens with zero attached hydrogens (tertiary/aromatic N) is 2. The van der Waals surface area contributed by atoms with Gasteiger partial charge in [0, 0.05) is 17.1 Å². The van der Waals surface area contributed by atoms with Crippen LogP contribution in [0, 0.1) is 13.8 Å². The summed E-state index contributed by atoms with van der Waals surface area (Å²) in [5, 5.41) is 2.56. The van der Waals surface area contributed by atoms with Crippen LogP contribution in [0.5, 0.6) is 0 Å². The molecule has 1 amide bonds. The van der Waals surface area contributed by atoms with Crippen molar-refractivity contribution in [3.05, 3.63) is 60.2 Å². The van der Waals surface area contributed by atoms with Crippen molar-refractivity contribution in [2.45, 2.75) is 24.5 Å². The van der Waals surface area contributed by atoms with Gasteiger partial charge in [0.1, 0.15) is 11.6 Å². The Morgan fingerprint density at radius 3 is 2.26 bits per heavy atom. The Morgan fingerprint density at radius 1 is 1.17 bits per heavy atom. The Kier molecular flexibility index (Phi) is 4.90. The molecule has 120 valence electrons. The summed E-state index contributed by atoms with van der Waals surface area (Å²) in [4.78, 5) is 19.7. The Labute approximate surface area is 135 Å². The summed E-state index contributed by atoms with van der Waals surface area (Å²) in [6.07, 6.45) is 1.14. The van der Waals surface area contributed by atoms with E-state index in [0.717, 1.165) is 17.5 Å². The first-order chi connectivity index (χ1) is 10.8. The van der Waals surface area contributed by atoms with Crippen molar-refractivity contribution in [2.75, 3.05) is 5.32 Å². The van der Waals surface area contributed by atoms with Gasteiger partial charge in [-0.1, -0.05) is 6.58 Å². The topological polar surface area (TPSA) is 89.0 Å². The first-order valence-electron chi connectivity index (χ1n) is 6.87. The molecule has 2 rings (SSSR count). The van der Waals surface area contributed by atoms with Gasteiger partial charge in [-0.2, -0.15) is 0 Å². The second-order valence-corrected chi connectivity index (χ2v) is 7.03. The van der Waals surface area contributed by atoms with E-state index in [0.29, 0.717) is 5.69 Å². The van der Waals surface area contributed by atoms with E-state index in [2.05, 4.69) is 21.9 Å². The Hall–Kier alpha value is -2.54. The molecule has 0 aliphatic heterocycles. The molecule has 1 N–H and O–H groups in total. The van der Waals surface area contributed by atoms with Gasteiger partial charge in [0.25, 0.3) is 0 Å². The standard InChI is InChI=1S/C16H17N3O3S/c1-4-16(20)19-13-5-7-14(8-6-13)23(21,22)10-15-17-11(2)9-12(3)18-15/h4-9H,1,10H2,2-3H3,(H,19,20). The summed E-state index contributed by atoms with van der Waals surface area (Å²) in [7, 11) is -3.56. The highest BCUT2D eigenvalue weighted by Crippen LogP contribution is 2.18. The number of aromatic nitrogens is 2. The number of nitrogens with one attached hydrogen (secondary N) is 1. The van der Waals surface area contributed by atoms with Gasteiger partial charge in [-0.25, -0.2) is 18.4 Å². The van der Waals surface area contributed by atoms with E-state index in [1.807, 2.05) is 0 Å². The lowest BCUT2D eigenvalue weighted by atomic mass is 10.3. The minimum absolute atomic E-state index is 0.150. The maximum absolute atomic E-state index is 12.4. The highest BCUT2D eigenvalue weighted by atomic mass is 32.2. The van der Waals surface area contributed by atoms with Crippen molar-refractivity contribution in [1.29, 1.82) is 0 Å². The Balaban J connectivity index is 2.22. The van der Waals surface area contributed by atoms with Crippen LogP contribution >= 0.6 is 0 Å². The van der Waals surface area contributed by atoms with Crippen molar-refractivity contribution in [2.24, 2.45) is 0 Å². The summed E-state index contributed by atoms with van der Waals surface area (Å²) >= 11 is 0. The number of carbonyl (C=O) groups excluding carboxylic acids is 1. The molecule has 7 heteroatoms. The monoisotopic (exact) mass is 331 g/mol. The zero-order chi connectivity index (χ0) is 17.0. The van der Waals surface area contributed by atoms with Crippen LogP contribution in [-0.2, 0) is 20.4 Å². The number of rotatable bonds is 5. The summed E-state index contributed by atoms with van der Waals surface area (Å²) in [6, 6.07) is 7.72. The predicted molar refractivity (Wildman–Crippen MR) is 87.7 cm³/mol. The first kappa shape index (κ1) is 16.8. The Bertz CT molecular complexity index is 823. The van der Waals surface area contributed by atoms with Crippen molar-refractivity contribution in [1.82, 2.24) is 9.97 Å². The van der Waals surface area contributed by atoms with Crippen molar-refractivity contribution in [3.63, 3.8) is 0 Å². The molecule has 0 atom stereocenters. The molecule has 1 aromatic heterocycles. The molecule has 0 saturated carbocycles. The second-order valence-electron chi connectivity index (χ2n) is 5.04. The smallest absolute Gasteiger partial charge is 0.247 e. The molecule has 0 saturated heterocycles. The number of hydrogen-bond donors (Lipinski definition) is 1. The molecule has 2 aromatic rings. The van der Waals surface area contributed by atoms with E-state index < -0.39 is 9.84 Å². The number of carbonyl (C=O) groups is 1. The first-order valence-corrected chi connectivity index (χ1v) is 8.53. The highest BCUT2D eigenvalue weighted by Gasteiger charge is 2.17. The highest BCUT2D eigenvalue weighted by molar-refractivity contribution is 7.90. The van der Waals surface area contributed by atoms with Gasteiger partial charge in [-0.3, -0.25) is 4.79 Å². The second kappa shape index (κ2) is 6.70. The van der Waals surface area contributed by atoms with Crippen molar-refractivity contribution >= 4 is 21.4 Å². The number of hydrogen-bond acceptors (Lipinski definition) is 5. The van der Waals surface area contributed by atoms with Crippen LogP contribution in [0.1, 0.15) is 17.2 Å². The quantitative estimate of drug-likeness (QED) is 0.848. The predicted octanol–water partition coefficient (Wildman–Crippen LogP) is 2.19. The summed E-state index contributed by atoms with van der Waals surface area (Å²) in [5.74, 6) is -0.357. The van der Waals surface area contributed by atoms with Gasteiger partial charge < -0.3 is 5.32 Å². The molecule has 0 aliphatic rings. The fraction of sp³-hybridized carbons (Fsp3) is 0.188. The molecule has 0 unspecified atom stereocenters. The molecule has 0 radical (unpaired) electrons. The van der Waals surface area contributed by atoms with Crippen molar-refractivity contribution in [3.8, 4) is 0 Å². The van der Waals surface area contributed by atoms with E-state index in [1.54, 1.807) is 19.9 Å². The lowest BCUT2D eigenvalue weighted by Gasteiger charge is -2.07. The van der Waals surface area contributed by atoms with Crippen LogP contribution in [0.3, 0.4) is 0 Å². The van der Waals surface area contributed by atoms with Gasteiger partial charge in [-0.05, 0) is 50.3 Å². The minimum atomic E-state index is -3.56. The SMILES string of the molecule is C=CC(=O)Nc1ccc(S(=O)(=O)Cc2nc(C)cc(C)n2)cc1. The molecule has 23 heavy (non-hydrogen) atoms. The number of amides is 1. The molecule has 0 spiro atoms. The molecule has 6 nitrogen and oxygen atoms in total. The molecule has 0 fully saturated rings.